The molecule has 0 unspecified atom stereocenters. The second-order valence-corrected chi connectivity index (χ2v) is 4.46. The van der Waals surface area contributed by atoms with E-state index in [1.165, 1.54) is 0 Å². The summed E-state index contributed by atoms with van der Waals surface area (Å²) in [5.74, 6) is 2.11. The highest BCUT2D eigenvalue weighted by molar-refractivity contribution is 6.29. The molecule has 0 bridgehead atoms. The largest absolute Gasteiger partial charge is 0.493 e. The van der Waals surface area contributed by atoms with Gasteiger partial charge in [-0.3, -0.25) is 5.43 Å². The molecular weight excluding hydrogens is 308 g/mol. The van der Waals surface area contributed by atoms with Crippen LogP contribution in [0.3, 0.4) is 0 Å². The molecule has 1 heterocycles. The number of nitrogens with one attached hydrogen (secondary N) is 1. The van der Waals surface area contributed by atoms with Crippen LogP contribution in [0.15, 0.2) is 29.4 Å². The molecule has 0 saturated carbocycles. The van der Waals surface area contributed by atoms with Gasteiger partial charge >= 0.3 is 0 Å². The minimum absolute atomic E-state index is 0.319. The van der Waals surface area contributed by atoms with E-state index in [1.807, 2.05) is 0 Å². The summed E-state index contributed by atoms with van der Waals surface area (Å²) in [6, 6.07) is 6.84. The fourth-order valence-corrected chi connectivity index (χ4v) is 1.83. The monoisotopic (exact) mass is 322 g/mol. The van der Waals surface area contributed by atoms with E-state index in [1.54, 1.807) is 51.8 Å². The molecule has 0 spiro atoms. The Hall–Kier alpha value is -2.54. The SMILES string of the molecule is COc1cc(/C=N\Nc2ccc(Cl)nn2)cc(OC)c1OC. The van der Waals surface area contributed by atoms with Crippen LogP contribution >= 0.6 is 11.6 Å². The van der Waals surface area contributed by atoms with Crippen molar-refractivity contribution in [3.63, 3.8) is 0 Å². The zero-order valence-electron chi connectivity index (χ0n) is 12.3. The molecule has 0 saturated heterocycles. The summed E-state index contributed by atoms with van der Waals surface area (Å²) in [6.45, 7) is 0. The van der Waals surface area contributed by atoms with E-state index in [9.17, 15) is 0 Å². The molecule has 1 aromatic heterocycles. The third-order valence-electron chi connectivity index (χ3n) is 2.71. The molecule has 2 rings (SSSR count). The van der Waals surface area contributed by atoms with Gasteiger partial charge in [-0.25, -0.2) is 0 Å². The van der Waals surface area contributed by atoms with Crippen LogP contribution < -0.4 is 19.6 Å². The quantitative estimate of drug-likeness (QED) is 0.650. The van der Waals surface area contributed by atoms with Gasteiger partial charge in [-0.15, -0.1) is 10.2 Å². The fraction of sp³-hybridized carbons (Fsp3) is 0.214. The minimum Gasteiger partial charge on any atom is -0.493 e. The molecule has 0 atom stereocenters. The van der Waals surface area contributed by atoms with E-state index in [-0.39, 0.29) is 0 Å². The molecule has 116 valence electrons. The second-order valence-electron chi connectivity index (χ2n) is 4.07. The zero-order chi connectivity index (χ0) is 15.9. The lowest BCUT2D eigenvalue weighted by atomic mass is 10.2. The lowest BCUT2D eigenvalue weighted by Crippen LogP contribution is -1.98. The summed E-state index contributed by atoms with van der Waals surface area (Å²) in [5, 5.41) is 11.9. The van der Waals surface area contributed by atoms with Crippen LogP contribution in [0.4, 0.5) is 5.82 Å². The molecule has 0 aliphatic rings. The van der Waals surface area contributed by atoms with E-state index in [2.05, 4.69) is 20.7 Å². The molecule has 0 radical (unpaired) electrons. The highest BCUT2D eigenvalue weighted by Crippen LogP contribution is 2.37. The van der Waals surface area contributed by atoms with Crippen molar-refractivity contribution in [2.45, 2.75) is 0 Å². The van der Waals surface area contributed by atoms with E-state index in [4.69, 9.17) is 25.8 Å². The molecule has 0 amide bonds. The Morgan fingerprint density at radius 1 is 1.05 bits per heavy atom. The number of anilines is 1. The van der Waals surface area contributed by atoms with Crippen molar-refractivity contribution in [3.8, 4) is 17.2 Å². The third kappa shape index (κ3) is 3.76. The van der Waals surface area contributed by atoms with Crippen LogP contribution in [0.2, 0.25) is 5.15 Å². The van der Waals surface area contributed by atoms with Gasteiger partial charge in [0.15, 0.2) is 22.5 Å². The average Bonchev–Trinajstić information content (AvgIpc) is 2.55. The lowest BCUT2D eigenvalue weighted by Gasteiger charge is -2.12. The van der Waals surface area contributed by atoms with Crippen LogP contribution in [0.25, 0.3) is 0 Å². The van der Waals surface area contributed by atoms with Crippen LogP contribution in [-0.4, -0.2) is 37.7 Å². The van der Waals surface area contributed by atoms with Gasteiger partial charge in [0.2, 0.25) is 5.75 Å². The first-order valence-corrected chi connectivity index (χ1v) is 6.64. The molecule has 2 aromatic rings. The predicted molar refractivity (Wildman–Crippen MR) is 84.4 cm³/mol. The van der Waals surface area contributed by atoms with Gasteiger partial charge in [0.05, 0.1) is 27.5 Å². The number of methoxy groups -OCH3 is 3. The van der Waals surface area contributed by atoms with Crippen molar-refractivity contribution >= 4 is 23.6 Å². The zero-order valence-corrected chi connectivity index (χ0v) is 13.1. The number of hydrazone groups is 1. The Morgan fingerprint density at radius 3 is 2.23 bits per heavy atom. The Bertz CT molecular complexity index is 637. The molecule has 8 heteroatoms. The fourth-order valence-electron chi connectivity index (χ4n) is 1.72. The third-order valence-corrected chi connectivity index (χ3v) is 2.91. The van der Waals surface area contributed by atoms with E-state index < -0.39 is 0 Å². The maximum absolute atomic E-state index is 5.66. The molecule has 1 aromatic carbocycles. The van der Waals surface area contributed by atoms with Crippen molar-refractivity contribution in [3.05, 3.63) is 35.0 Å². The van der Waals surface area contributed by atoms with Crippen molar-refractivity contribution in [1.29, 1.82) is 0 Å². The van der Waals surface area contributed by atoms with Gasteiger partial charge < -0.3 is 14.2 Å². The summed E-state index contributed by atoms with van der Waals surface area (Å²) >= 11 is 5.66. The van der Waals surface area contributed by atoms with E-state index in [0.29, 0.717) is 28.2 Å². The van der Waals surface area contributed by atoms with E-state index in [0.717, 1.165) is 5.56 Å². The Morgan fingerprint density at radius 2 is 1.73 bits per heavy atom. The highest BCUT2D eigenvalue weighted by atomic mass is 35.5. The molecule has 0 aliphatic carbocycles. The Balaban J connectivity index is 2.18. The predicted octanol–water partition coefficient (Wildman–Crippen LogP) is 2.60. The van der Waals surface area contributed by atoms with Crippen LogP contribution in [0.1, 0.15) is 5.56 Å². The molecule has 1 N–H and O–H groups in total. The summed E-state index contributed by atoms with van der Waals surface area (Å²) in [4.78, 5) is 0. The van der Waals surface area contributed by atoms with Gasteiger partial charge in [0.1, 0.15) is 0 Å². The second kappa shape index (κ2) is 7.46. The maximum Gasteiger partial charge on any atom is 0.203 e. The number of aromatic nitrogens is 2. The normalized spacial score (nSPS) is 10.5. The first kappa shape index (κ1) is 15.8. The van der Waals surface area contributed by atoms with E-state index >= 15 is 0 Å². The van der Waals surface area contributed by atoms with Crippen molar-refractivity contribution in [1.82, 2.24) is 10.2 Å². The average molecular weight is 323 g/mol. The van der Waals surface area contributed by atoms with Gasteiger partial charge in [-0.1, -0.05) is 11.6 Å². The molecule has 22 heavy (non-hydrogen) atoms. The number of hydrogen-bond donors (Lipinski definition) is 1. The lowest BCUT2D eigenvalue weighted by molar-refractivity contribution is 0.324. The van der Waals surface area contributed by atoms with Gasteiger partial charge in [-0.05, 0) is 24.3 Å². The first-order chi connectivity index (χ1) is 10.7. The first-order valence-electron chi connectivity index (χ1n) is 6.26. The van der Waals surface area contributed by atoms with Gasteiger partial charge in [0, 0.05) is 5.56 Å². The summed E-state index contributed by atoms with van der Waals surface area (Å²) in [5.41, 5.74) is 3.52. The topological polar surface area (TPSA) is 77.9 Å². The molecular formula is C14H15ClN4O3. The van der Waals surface area contributed by atoms with Crippen LogP contribution in [0.5, 0.6) is 17.2 Å². The Kier molecular flexibility index (Phi) is 5.37. The molecule has 7 nitrogen and oxygen atoms in total. The Labute approximate surface area is 132 Å². The molecule has 0 fully saturated rings. The molecule has 0 aliphatic heterocycles. The highest BCUT2D eigenvalue weighted by Gasteiger charge is 2.12. The smallest absolute Gasteiger partial charge is 0.203 e. The van der Waals surface area contributed by atoms with Crippen LogP contribution in [-0.2, 0) is 0 Å². The van der Waals surface area contributed by atoms with Gasteiger partial charge in [-0.2, -0.15) is 5.10 Å². The summed E-state index contributed by atoms with van der Waals surface area (Å²) < 4.78 is 15.8. The minimum atomic E-state index is 0.319. The maximum atomic E-state index is 5.66. The number of hydrogen-bond acceptors (Lipinski definition) is 7. The summed E-state index contributed by atoms with van der Waals surface area (Å²) in [7, 11) is 4.66. The van der Waals surface area contributed by atoms with Crippen molar-refractivity contribution in [2.75, 3.05) is 26.8 Å². The van der Waals surface area contributed by atoms with Crippen molar-refractivity contribution < 1.29 is 14.2 Å². The van der Waals surface area contributed by atoms with Crippen LogP contribution in [0, 0.1) is 0 Å². The standard InChI is InChI=1S/C14H15ClN4O3/c1-20-10-6-9(7-11(21-2)14(10)22-3)8-16-18-13-5-4-12(15)17-19-13/h4-8H,1-3H3,(H,18,19)/b16-8-. The van der Waals surface area contributed by atoms with Gasteiger partial charge in [0.25, 0.3) is 0 Å². The number of rotatable bonds is 6. The number of halogens is 1. The number of ether oxygens (including phenoxy) is 3. The van der Waals surface area contributed by atoms with Crippen molar-refractivity contribution in [2.24, 2.45) is 5.10 Å². The number of nitrogens with zero attached hydrogens (tertiary/aromatic N) is 3. The summed E-state index contributed by atoms with van der Waals surface area (Å²) in [6.07, 6.45) is 1.60. The number of benzene rings is 1.